The molecule has 1 N–H and O–H groups in total. The topological polar surface area (TPSA) is 94.2 Å². The zero-order valence-electron chi connectivity index (χ0n) is 21.9. The molecule has 4 aromatic rings. The third-order valence-electron chi connectivity index (χ3n) is 6.53. The highest BCUT2D eigenvalue weighted by molar-refractivity contribution is 5.97. The molecule has 0 atom stereocenters. The van der Waals surface area contributed by atoms with Gasteiger partial charge >= 0.3 is 12.1 Å². The summed E-state index contributed by atoms with van der Waals surface area (Å²) >= 11 is 0. The lowest BCUT2D eigenvalue weighted by atomic mass is 10.0. The van der Waals surface area contributed by atoms with Gasteiger partial charge in [0.05, 0.1) is 24.2 Å². The van der Waals surface area contributed by atoms with Crippen LogP contribution in [0.5, 0.6) is 5.75 Å². The lowest BCUT2D eigenvalue weighted by Gasteiger charge is -2.30. The maximum Gasteiger partial charge on any atom is 0.412 e. The van der Waals surface area contributed by atoms with E-state index in [1.807, 2.05) is 91.0 Å². The van der Waals surface area contributed by atoms with E-state index in [2.05, 4.69) is 5.32 Å². The van der Waals surface area contributed by atoms with Gasteiger partial charge in [-0.2, -0.15) is 5.06 Å². The summed E-state index contributed by atoms with van der Waals surface area (Å²) in [7, 11) is 0. The van der Waals surface area contributed by atoms with Crippen molar-refractivity contribution in [3.05, 3.63) is 131 Å². The molecule has 0 aliphatic carbocycles. The van der Waals surface area contributed by atoms with Crippen LogP contribution in [-0.2, 0) is 20.9 Å². The van der Waals surface area contributed by atoms with Crippen LogP contribution in [0, 0.1) is 6.92 Å². The Hall–Kier alpha value is -5.11. The van der Waals surface area contributed by atoms with E-state index < -0.39 is 18.2 Å². The van der Waals surface area contributed by atoms with Crippen LogP contribution in [0.2, 0.25) is 0 Å². The molecule has 202 valence electrons. The van der Waals surface area contributed by atoms with Crippen LogP contribution in [0.15, 0.2) is 103 Å². The number of hydrogen-bond acceptors (Lipinski definition) is 6. The first kappa shape index (κ1) is 26.5. The molecule has 1 heterocycles. The van der Waals surface area contributed by atoms with Gasteiger partial charge in [0, 0.05) is 0 Å². The average molecular weight is 537 g/mol. The minimum Gasteiger partial charge on any atom is -0.449 e. The SMILES string of the molecule is Cc1c(C(=O)OC(c2ccccc2)c2ccccc2)ccc(ON2CCC2=O)c1NC(=O)OCc1ccccc1. The minimum absolute atomic E-state index is 0.0596. The monoisotopic (exact) mass is 536 g/mol. The number of rotatable bonds is 9. The molecule has 2 amide bonds. The molecule has 40 heavy (non-hydrogen) atoms. The predicted octanol–water partition coefficient (Wildman–Crippen LogP) is 6.22. The molecule has 1 aliphatic heterocycles. The van der Waals surface area contributed by atoms with Gasteiger partial charge in [0.1, 0.15) is 6.61 Å². The van der Waals surface area contributed by atoms with Crippen molar-refractivity contribution in [3.63, 3.8) is 0 Å². The molecule has 8 nitrogen and oxygen atoms in total. The van der Waals surface area contributed by atoms with Gasteiger partial charge in [-0.25, -0.2) is 9.59 Å². The molecule has 1 aliphatic rings. The van der Waals surface area contributed by atoms with Crippen LogP contribution in [0.3, 0.4) is 0 Å². The number of ether oxygens (including phenoxy) is 2. The Kier molecular flexibility index (Phi) is 8.06. The summed E-state index contributed by atoms with van der Waals surface area (Å²) < 4.78 is 11.4. The third-order valence-corrected chi connectivity index (χ3v) is 6.53. The number of carbonyl (C=O) groups is 3. The molecule has 0 radical (unpaired) electrons. The molecule has 1 fully saturated rings. The standard InChI is InChI=1S/C32H28N2O6/c1-22-26(31(36)39-30(24-13-7-3-8-14-24)25-15-9-4-10-16-25)17-18-27(40-34-20-19-28(34)35)29(22)33-32(37)38-21-23-11-5-2-6-12-23/h2-18,30H,19-21H2,1H3,(H,33,37). The highest BCUT2D eigenvalue weighted by atomic mass is 16.7. The molecule has 0 bridgehead atoms. The highest BCUT2D eigenvalue weighted by Gasteiger charge is 2.29. The van der Waals surface area contributed by atoms with E-state index in [1.165, 1.54) is 11.1 Å². The van der Waals surface area contributed by atoms with Gasteiger partial charge in [0.2, 0.25) is 0 Å². The number of anilines is 1. The van der Waals surface area contributed by atoms with Gasteiger partial charge in [-0.3, -0.25) is 10.1 Å². The van der Waals surface area contributed by atoms with Crippen LogP contribution < -0.4 is 10.2 Å². The van der Waals surface area contributed by atoms with Crippen LogP contribution in [0.25, 0.3) is 0 Å². The van der Waals surface area contributed by atoms with Gasteiger partial charge in [-0.05, 0) is 41.3 Å². The molecule has 0 saturated carbocycles. The summed E-state index contributed by atoms with van der Waals surface area (Å²) in [5, 5.41) is 3.90. The zero-order chi connectivity index (χ0) is 27.9. The maximum atomic E-state index is 13.6. The molecule has 5 rings (SSSR count). The van der Waals surface area contributed by atoms with Crippen LogP contribution >= 0.6 is 0 Å². The van der Waals surface area contributed by atoms with Crippen LogP contribution in [-0.4, -0.2) is 29.6 Å². The smallest absolute Gasteiger partial charge is 0.412 e. The number of nitrogens with one attached hydrogen (secondary N) is 1. The number of carbonyl (C=O) groups excluding carboxylic acids is 3. The van der Waals surface area contributed by atoms with E-state index in [4.69, 9.17) is 14.3 Å². The molecule has 1 saturated heterocycles. The van der Waals surface area contributed by atoms with E-state index in [0.717, 1.165) is 16.7 Å². The normalized spacial score (nSPS) is 12.4. The Morgan fingerprint density at radius 1 is 0.850 bits per heavy atom. The van der Waals surface area contributed by atoms with Gasteiger partial charge in [-0.1, -0.05) is 91.0 Å². The second-order valence-corrected chi connectivity index (χ2v) is 9.24. The number of amides is 2. The number of hydroxylamine groups is 2. The van der Waals surface area contributed by atoms with Gasteiger partial charge in [-0.15, -0.1) is 0 Å². The first-order valence-electron chi connectivity index (χ1n) is 12.9. The number of hydrogen-bond donors (Lipinski definition) is 1. The fourth-order valence-corrected chi connectivity index (χ4v) is 4.27. The third kappa shape index (κ3) is 6.13. The van der Waals surface area contributed by atoms with Gasteiger partial charge in [0.15, 0.2) is 11.9 Å². The Morgan fingerprint density at radius 3 is 2.00 bits per heavy atom. The number of esters is 1. The summed E-state index contributed by atoms with van der Waals surface area (Å²) in [4.78, 5) is 44.0. The van der Waals surface area contributed by atoms with Gasteiger partial charge < -0.3 is 14.3 Å². The largest absolute Gasteiger partial charge is 0.449 e. The van der Waals surface area contributed by atoms with Gasteiger partial charge in [0.25, 0.3) is 5.91 Å². The second-order valence-electron chi connectivity index (χ2n) is 9.24. The van der Waals surface area contributed by atoms with Crippen molar-refractivity contribution in [1.29, 1.82) is 0 Å². The zero-order valence-corrected chi connectivity index (χ0v) is 21.9. The highest BCUT2D eigenvalue weighted by Crippen LogP contribution is 2.35. The summed E-state index contributed by atoms with van der Waals surface area (Å²) in [5.74, 6) is -0.545. The quantitative estimate of drug-likeness (QED) is 0.202. The minimum atomic E-state index is -0.733. The Morgan fingerprint density at radius 2 is 1.45 bits per heavy atom. The van der Waals surface area contributed by atoms with Crippen molar-refractivity contribution in [3.8, 4) is 5.75 Å². The first-order valence-corrected chi connectivity index (χ1v) is 12.9. The lowest BCUT2D eigenvalue weighted by Crippen LogP contribution is -2.45. The molecule has 0 unspecified atom stereocenters. The van der Waals surface area contributed by atoms with Crippen molar-refractivity contribution in [1.82, 2.24) is 5.06 Å². The molecular formula is C32H28N2O6. The molecule has 4 aromatic carbocycles. The van der Waals surface area contributed by atoms with E-state index >= 15 is 0 Å². The van der Waals surface area contributed by atoms with Crippen molar-refractivity contribution >= 4 is 23.7 Å². The van der Waals surface area contributed by atoms with Crippen molar-refractivity contribution in [2.75, 3.05) is 11.9 Å². The molecule has 0 aromatic heterocycles. The van der Waals surface area contributed by atoms with Crippen molar-refractivity contribution in [2.24, 2.45) is 0 Å². The Balaban J connectivity index is 1.41. The number of benzene rings is 4. The van der Waals surface area contributed by atoms with E-state index in [0.29, 0.717) is 18.5 Å². The number of β-lactam (4-membered cyclic amide) rings is 1. The number of nitrogens with zero attached hydrogens (tertiary/aromatic N) is 1. The van der Waals surface area contributed by atoms with Crippen molar-refractivity contribution < 1.29 is 28.7 Å². The first-order chi connectivity index (χ1) is 19.5. The molecule has 8 heteroatoms. The average Bonchev–Trinajstić information content (AvgIpc) is 2.99. The summed E-state index contributed by atoms with van der Waals surface area (Å²) in [6, 6.07) is 31.3. The molecular weight excluding hydrogens is 508 g/mol. The summed E-state index contributed by atoms with van der Waals surface area (Å²) in [6.45, 7) is 2.16. The van der Waals surface area contributed by atoms with E-state index in [1.54, 1.807) is 13.0 Å². The van der Waals surface area contributed by atoms with Crippen molar-refractivity contribution in [2.45, 2.75) is 26.1 Å². The van der Waals surface area contributed by atoms with E-state index in [-0.39, 0.29) is 29.5 Å². The molecule has 0 spiro atoms. The fourth-order valence-electron chi connectivity index (χ4n) is 4.27. The maximum absolute atomic E-state index is 13.6. The predicted molar refractivity (Wildman–Crippen MR) is 149 cm³/mol. The Bertz CT molecular complexity index is 1450. The lowest BCUT2D eigenvalue weighted by molar-refractivity contribution is -0.174. The summed E-state index contributed by atoms with van der Waals surface area (Å²) in [6.07, 6.45) is -0.995. The van der Waals surface area contributed by atoms with Crippen LogP contribution in [0.1, 0.15) is 45.1 Å². The summed E-state index contributed by atoms with van der Waals surface area (Å²) in [5.41, 5.74) is 3.31. The fraction of sp³-hybridized carbons (Fsp3) is 0.156. The van der Waals surface area contributed by atoms with Crippen LogP contribution in [0.4, 0.5) is 10.5 Å². The van der Waals surface area contributed by atoms with E-state index in [9.17, 15) is 14.4 Å². The second kappa shape index (κ2) is 12.2. The Labute approximate surface area is 232 Å².